The third-order valence-electron chi connectivity index (χ3n) is 7.39. The second-order valence-electron chi connectivity index (χ2n) is 10.9. The third-order valence-corrected chi connectivity index (χ3v) is 9.51. The molecule has 3 N–H and O–H groups in total. The van der Waals surface area contributed by atoms with Crippen LogP contribution in [0.2, 0.25) is 5.15 Å². The summed E-state index contributed by atoms with van der Waals surface area (Å²) < 4.78 is 45.6. The van der Waals surface area contributed by atoms with E-state index in [2.05, 4.69) is 15.5 Å². The van der Waals surface area contributed by atoms with Gasteiger partial charge in [0.2, 0.25) is 10.0 Å². The Morgan fingerprint density at radius 1 is 1.22 bits per heavy atom. The van der Waals surface area contributed by atoms with Crippen LogP contribution in [0.4, 0.5) is 4.79 Å². The number of fused-ring (bicyclic) bond motifs is 2. The minimum absolute atomic E-state index is 0.0303. The maximum Gasteiger partial charge on any atom is 0.407 e. The van der Waals surface area contributed by atoms with Crippen molar-refractivity contribution in [3.63, 3.8) is 0 Å². The van der Waals surface area contributed by atoms with Crippen LogP contribution < -0.4 is 5.32 Å². The number of H-pyrrole nitrogens is 1. The number of carbonyl (C=O) groups excluding carboxylic acids is 1. The summed E-state index contributed by atoms with van der Waals surface area (Å²) in [4.78, 5) is 13.0. The molecule has 222 valence electrons. The molecule has 1 unspecified atom stereocenters. The summed E-state index contributed by atoms with van der Waals surface area (Å²) in [7, 11) is -4.04. The summed E-state index contributed by atoms with van der Waals surface area (Å²) in [5, 5.41) is 21.6. The van der Waals surface area contributed by atoms with E-state index in [0.717, 1.165) is 12.0 Å². The molecule has 3 heterocycles. The first-order valence-corrected chi connectivity index (χ1v) is 15.5. The number of nitrogens with zero attached hydrogens (tertiary/aromatic N) is 2. The third kappa shape index (κ3) is 6.85. The van der Waals surface area contributed by atoms with Crippen LogP contribution in [0.5, 0.6) is 0 Å². The molecule has 0 aliphatic carbocycles. The highest BCUT2D eigenvalue weighted by molar-refractivity contribution is 7.89. The van der Waals surface area contributed by atoms with Crippen LogP contribution in [0.25, 0.3) is 10.9 Å². The number of carbonyl (C=O) groups is 1. The number of alkyl carbamates (subject to hydrolysis) is 1. The van der Waals surface area contributed by atoms with E-state index in [-0.39, 0.29) is 54.3 Å². The molecule has 2 aliphatic rings. The van der Waals surface area contributed by atoms with Crippen molar-refractivity contribution in [1.82, 2.24) is 19.8 Å². The van der Waals surface area contributed by atoms with E-state index in [0.29, 0.717) is 17.5 Å². The van der Waals surface area contributed by atoms with Gasteiger partial charge in [0.1, 0.15) is 6.10 Å². The zero-order valence-electron chi connectivity index (χ0n) is 22.9. The molecule has 13 heteroatoms. The highest BCUT2D eigenvalue weighted by Gasteiger charge is 2.44. The van der Waals surface area contributed by atoms with Gasteiger partial charge in [0.05, 0.1) is 41.7 Å². The van der Waals surface area contributed by atoms with Crippen LogP contribution in [-0.4, -0.2) is 85.0 Å². The van der Waals surface area contributed by atoms with Gasteiger partial charge in [0.25, 0.3) is 0 Å². The number of hydrogen-bond acceptors (Lipinski definition) is 8. The number of ether oxygens (including phenoxy) is 3. The summed E-state index contributed by atoms with van der Waals surface area (Å²) >= 11 is 6.14. The van der Waals surface area contributed by atoms with Crippen molar-refractivity contribution in [2.75, 3.05) is 26.3 Å². The molecule has 0 radical (unpaired) electrons. The van der Waals surface area contributed by atoms with Gasteiger partial charge in [-0.3, -0.25) is 5.10 Å². The normalized spacial score (nSPS) is 22.2. The van der Waals surface area contributed by atoms with Gasteiger partial charge in [0.15, 0.2) is 11.4 Å². The smallest absolute Gasteiger partial charge is 0.407 e. The lowest BCUT2D eigenvalue weighted by molar-refractivity contribution is -0.0907. The van der Waals surface area contributed by atoms with Gasteiger partial charge in [-0.05, 0) is 42.5 Å². The van der Waals surface area contributed by atoms with Crippen LogP contribution >= 0.6 is 11.6 Å². The molecule has 2 saturated heterocycles. The minimum Gasteiger partial charge on any atom is -0.443 e. The van der Waals surface area contributed by atoms with E-state index in [1.54, 1.807) is 6.07 Å². The monoisotopic (exact) mass is 606 g/mol. The van der Waals surface area contributed by atoms with Crippen molar-refractivity contribution in [3.05, 3.63) is 59.2 Å². The molecule has 1 aromatic heterocycles. The number of rotatable bonds is 11. The van der Waals surface area contributed by atoms with Crippen molar-refractivity contribution in [2.24, 2.45) is 11.8 Å². The number of aromatic nitrogens is 2. The topological polar surface area (TPSA) is 143 Å². The van der Waals surface area contributed by atoms with Crippen molar-refractivity contribution in [1.29, 1.82) is 0 Å². The van der Waals surface area contributed by atoms with Crippen LogP contribution in [-0.2, 0) is 30.7 Å². The lowest BCUT2D eigenvalue weighted by Gasteiger charge is -2.31. The molecule has 2 aliphatic heterocycles. The molecule has 0 spiro atoms. The first kappa shape index (κ1) is 29.7. The van der Waals surface area contributed by atoms with E-state index in [1.807, 2.05) is 44.2 Å². The number of hydrogen-bond donors (Lipinski definition) is 3. The number of aliphatic hydroxyl groups excluding tert-OH is 1. The molecule has 11 nitrogen and oxygen atoms in total. The molecule has 5 atom stereocenters. The predicted octanol–water partition coefficient (Wildman–Crippen LogP) is 3.32. The zero-order chi connectivity index (χ0) is 29.1. The molecular formula is C28H35ClN4O7S. The van der Waals surface area contributed by atoms with E-state index >= 15 is 0 Å². The second-order valence-corrected chi connectivity index (χ2v) is 13.2. The second kappa shape index (κ2) is 12.6. The van der Waals surface area contributed by atoms with Gasteiger partial charge < -0.3 is 24.6 Å². The Morgan fingerprint density at radius 3 is 2.76 bits per heavy atom. The number of halogens is 1. The van der Waals surface area contributed by atoms with E-state index in [4.69, 9.17) is 25.8 Å². The maximum absolute atomic E-state index is 13.8. The largest absolute Gasteiger partial charge is 0.443 e. The summed E-state index contributed by atoms with van der Waals surface area (Å²) in [5.41, 5.74) is 1.47. The van der Waals surface area contributed by atoms with E-state index < -0.39 is 34.4 Å². The Labute approximate surface area is 244 Å². The fraction of sp³-hybridized carbons (Fsp3) is 0.500. The molecule has 0 bridgehead atoms. The Bertz CT molecular complexity index is 1450. The number of aliphatic hydroxyl groups is 1. The Kier molecular flexibility index (Phi) is 9.17. The first-order chi connectivity index (χ1) is 19.6. The Morgan fingerprint density at radius 2 is 2.00 bits per heavy atom. The van der Waals surface area contributed by atoms with E-state index in [9.17, 15) is 18.3 Å². The molecule has 5 rings (SSSR count). The Balaban J connectivity index is 1.35. The van der Waals surface area contributed by atoms with Gasteiger partial charge in [-0.1, -0.05) is 55.8 Å². The van der Waals surface area contributed by atoms with Crippen molar-refractivity contribution in [3.8, 4) is 0 Å². The average Bonchev–Trinajstić information content (AvgIpc) is 3.66. The van der Waals surface area contributed by atoms with Crippen LogP contribution in [0, 0.1) is 11.8 Å². The molecule has 3 aromatic rings. The Hall–Kier alpha value is -2.74. The SMILES string of the molecule is CC(C)CN(C[C@@H](O)[C@H](Cc1ccccc1)NC(=O)OC1CO[C@H]2OCC[C@@H]12)S(=O)(=O)c1ccc2[nH]nc(Cl)c2c1. The highest BCUT2D eigenvalue weighted by atomic mass is 35.5. The van der Waals surface area contributed by atoms with Gasteiger partial charge in [-0.2, -0.15) is 9.40 Å². The van der Waals surface area contributed by atoms with Crippen molar-refractivity contribution >= 4 is 38.6 Å². The number of amides is 1. The first-order valence-electron chi connectivity index (χ1n) is 13.7. The molecule has 2 fully saturated rings. The molecular weight excluding hydrogens is 572 g/mol. The number of nitrogens with one attached hydrogen (secondary N) is 2. The predicted molar refractivity (Wildman–Crippen MR) is 152 cm³/mol. The zero-order valence-corrected chi connectivity index (χ0v) is 24.5. The number of sulfonamides is 1. The van der Waals surface area contributed by atoms with Crippen molar-refractivity contribution < 1.29 is 32.5 Å². The standard InChI is InChI=1S/C28H35ClN4O7S/c1-17(2)14-33(41(36,37)19-8-9-22-21(13-19)26(29)32-31-22)15-24(34)23(12-18-6-4-3-5-7-18)30-28(35)40-25-16-39-27-20(25)10-11-38-27/h3-9,13,17,20,23-25,27,34H,10-12,14-16H2,1-2H3,(H,30,35)(H,31,32)/t20-,23-,24+,25?,27+/m0/s1. The van der Waals surface area contributed by atoms with Crippen LogP contribution in [0.1, 0.15) is 25.8 Å². The summed E-state index contributed by atoms with van der Waals surface area (Å²) in [6.45, 7) is 4.48. The maximum atomic E-state index is 13.8. The highest BCUT2D eigenvalue weighted by Crippen LogP contribution is 2.33. The van der Waals surface area contributed by atoms with Crippen LogP contribution in [0.15, 0.2) is 53.4 Å². The van der Waals surface area contributed by atoms with Crippen molar-refractivity contribution in [2.45, 2.75) is 56.1 Å². The van der Waals surface area contributed by atoms with Gasteiger partial charge in [-0.25, -0.2) is 13.2 Å². The number of benzene rings is 2. The summed E-state index contributed by atoms with van der Waals surface area (Å²) in [6.07, 6.45) is -1.79. The number of aromatic amines is 1. The minimum atomic E-state index is -4.04. The fourth-order valence-corrected chi connectivity index (χ4v) is 7.15. The molecule has 1 amide bonds. The molecule has 2 aromatic carbocycles. The van der Waals surface area contributed by atoms with Gasteiger partial charge in [-0.15, -0.1) is 0 Å². The quantitative estimate of drug-likeness (QED) is 0.302. The molecule has 0 saturated carbocycles. The van der Waals surface area contributed by atoms with Gasteiger partial charge in [0, 0.05) is 18.5 Å². The lowest BCUT2D eigenvalue weighted by atomic mass is 10.0. The molecule has 41 heavy (non-hydrogen) atoms. The van der Waals surface area contributed by atoms with Gasteiger partial charge >= 0.3 is 6.09 Å². The summed E-state index contributed by atoms with van der Waals surface area (Å²) in [6, 6.07) is 13.1. The van der Waals surface area contributed by atoms with E-state index in [1.165, 1.54) is 16.4 Å². The lowest BCUT2D eigenvalue weighted by Crippen LogP contribution is -2.51. The van der Waals surface area contributed by atoms with Crippen LogP contribution in [0.3, 0.4) is 0 Å². The fourth-order valence-electron chi connectivity index (χ4n) is 5.31. The summed E-state index contributed by atoms with van der Waals surface area (Å²) in [5.74, 6) is -0.0707. The average molecular weight is 607 g/mol.